The SMILES string of the molecule is CC1(C)CCc2c(-c3cc4ccc(C(=O)N5CCN(C(=O)OC(C)(C)C)C(C)(C)C5)cc4n3COCC[Si](C)(C)C)nn(COCC[Si](C)(C)C)c2C1. The first-order valence-corrected chi connectivity index (χ1v) is 27.0. The molecular weight excluding hydrogens is 699 g/mol. The number of nitrogens with zero attached hydrogens (tertiary/aromatic N) is 5. The molecule has 0 saturated carbocycles. The molecule has 3 aromatic rings. The average Bonchev–Trinajstić information content (AvgIpc) is 3.54. The molecule has 0 bridgehead atoms. The molecule has 294 valence electrons. The number of carbonyl (C=O) groups excluding carboxylic acids is 2. The van der Waals surface area contributed by atoms with E-state index in [4.69, 9.17) is 19.3 Å². The normalized spacial score (nSPS) is 17.7. The lowest BCUT2D eigenvalue weighted by Crippen LogP contribution is -2.62. The molecule has 2 amide bonds. The number of rotatable bonds is 12. The summed E-state index contributed by atoms with van der Waals surface area (Å²) in [5.74, 6) is -0.0443. The Labute approximate surface area is 320 Å². The van der Waals surface area contributed by atoms with Gasteiger partial charge >= 0.3 is 6.09 Å². The molecule has 1 fully saturated rings. The average molecular weight is 766 g/mol. The third kappa shape index (κ3) is 10.4. The monoisotopic (exact) mass is 765 g/mol. The van der Waals surface area contributed by atoms with E-state index in [1.54, 1.807) is 4.90 Å². The quantitative estimate of drug-likeness (QED) is 0.135. The number of fused-ring (bicyclic) bond motifs is 2. The Morgan fingerprint density at radius 3 is 2.13 bits per heavy atom. The molecule has 0 N–H and O–H groups in total. The summed E-state index contributed by atoms with van der Waals surface area (Å²) in [6.45, 7) is 32.1. The van der Waals surface area contributed by atoms with Crippen LogP contribution in [0.4, 0.5) is 4.79 Å². The Balaban J connectivity index is 1.48. The van der Waals surface area contributed by atoms with E-state index in [0.717, 1.165) is 60.2 Å². The topological polar surface area (TPSA) is 91.1 Å². The van der Waals surface area contributed by atoms with Crippen LogP contribution in [0, 0.1) is 5.41 Å². The lowest BCUT2D eigenvalue weighted by atomic mass is 9.76. The predicted molar refractivity (Wildman–Crippen MR) is 220 cm³/mol. The van der Waals surface area contributed by atoms with Crippen molar-refractivity contribution in [3.63, 3.8) is 0 Å². The molecule has 0 atom stereocenters. The van der Waals surface area contributed by atoms with Gasteiger partial charge in [-0.25, -0.2) is 9.48 Å². The van der Waals surface area contributed by atoms with Crippen molar-refractivity contribution >= 4 is 39.1 Å². The van der Waals surface area contributed by atoms with Crippen LogP contribution in [0.3, 0.4) is 0 Å². The van der Waals surface area contributed by atoms with E-state index in [-0.39, 0.29) is 17.4 Å². The summed E-state index contributed by atoms with van der Waals surface area (Å²) in [5.41, 5.74) is 5.17. The largest absolute Gasteiger partial charge is 0.444 e. The van der Waals surface area contributed by atoms with Crippen molar-refractivity contribution in [2.75, 3.05) is 32.8 Å². The zero-order valence-corrected chi connectivity index (χ0v) is 37.1. The van der Waals surface area contributed by atoms with Crippen LogP contribution in [-0.4, -0.2) is 96.3 Å². The van der Waals surface area contributed by atoms with E-state index in [1.807, 2.05) is 51.7 Å². The number of carbonyl (C=O) groups is 2. The van der Waals surface area contributed by atoms with Gasteiger partial charge < -0.3 is 23.7 Å². The molecule has 2 aliphatic rings. The van der Waals surface area contributed by atoms with Gasteiger partial charge in [0.15, 0.2) is 0 Å². The van der Waals surface area contributed by atoms with Gasteiger partial charge in [-0.1, -0.05) is 59.2 Å². The number of piperazine rings is 1. The third-order valence-electron chi connectivity index (χ3n) is 10.5. The first-order valence-electron chi connectivity index (χ1n) is 19.6. The van der Waals surface area contributed by atoms with Gasteiger partial charge in [-0.3, -0.25) is 9.69 Å². The Hall–Kier alpha value is -2.94. The number of benzene rings is 1. The molecule has 1 aliphatic carbocycles. The second-order valence-electron chi connectivity index (χ2n) is 20.2. The molecule has 0 radical (unpaired) electrons. The molecule has 0 spiro atoms. The van der Waals surface area contributed by atoms with Crippen molar-refractivity contribution < 1.29 is 23.8 Å². The van der Waals surface area contributed by atoms with Crippen molar-refractivity contribution in [1.29, 1.82) is 0 Å². The number of hydrogen-bond acceptors (Lipinski definition) is 6. The van der Waals surface area contributed by atoms with Crippen molar-refractivity contribution in [2.45, 2.75) is 144 Å². The number of hydrogen-bond donors (Lipinski definition) is 0. The van der Waals surface area contributed by atoms with E-state index < -0.39 is 27.3 Å². The van der Waals surface area contributed by atoms with Crippen LogP contribution in [0.15, 0.2) is 24.3 Å². The summed E-state index contributed by atoms with van der Waals surface area (Å²) in [5, 5.41) is 6.34. The van der Waals surface area contributed by atoms with Crippen molar-refractivity contribution in [3.05, 3.63) is 41.1 Å². The minimum Gasteiger partial charge on any atom is -0.444 e. The van der Waals surface area contributed by atoms with Gasteiger partial charge in [-0.05, 0) is 89.6 Å². The summed E-state index contributed by atoms with van der Waals surface area (Å²) in [6.07, 6.45) is 2.66. The maximum absolute atomic E-state index is 14.2. The van der Waals surface area contributed by atoms with Crippen molar-refractivity contribution in [1.82, 2.24) is 24.1 Å². The molecule has 3 heterocycles. The highest BCUT2D eigenvalue weighted by molar-refractivity contribution is 6.76. The molecule has 53 heavy (non-hydrogen) atoms. The summed E-state index contributed by atoms with van der Waals surface area (Å²) in [4.78, 5) is 30.8. The molecule has 1 aliphatic heterocycles. The second kappa shape index (κ2) is 15.3. The number of amides is 2. The van der Waals surface area contributed by atoms with Gasteiger partial charge in [0, 0.05) is 71.2 Å². The maximum Gasteiger partial charge on any atom is 0.410 e. The van der Waals surface area contributed by atoms with E-state index >= 15 is 0 Å². The predicted octanol–water partition coefficient (Wildman–Crippen LogP) is 9.12. The highest BCUT2D eigenvalue weighted by Gasteiger charge is 2.41. The number of aromatic nitrogens is 3. The van der Waals surface area contributed by atoms with E-state index in [0.29, 0.717) is 45.3 Å². The minimum atomic E-state index is -1.29. The molecule has 2 aromatic heterocycles. The Bertz CT molecular complexity index is 1790. The van der Waals surface area contributed by atoms with E-state index in [1.165, 1.54) is 11.3 Å². The van der Waals surface area contributed by atoms with Gasteiger partial charge in [0.1, 0.15) is 24.8 Å². The summed E-state index contributed by atoms with van der Waals surface area (Å²) < 4.78 is 22.7. The van der Waals surface area contributed by atoms with E-state index in [2.05, 4.69) is 74.5 Å². The Kier molecular flexibility index (Phi) is 11.9. The van der Waals surface area contributed by atoms with E-state index in [9.17, 15) is 9.59 Å². The molecule has 1 saturated heterocycles. The lowest BCUT2D eigenvalue weighted by Gasteiger charge is -2.47. The third-order valence-corrected chi connectivity index (χ3v) is 13.9. The molecule has 10 nitrogen and oxygen atoms in total. The first kappa shape index (κ1) is 41.2. The fourth-order valence-corrected chi connectivity index (χ4v) is 8.78. The molecule has 1 aromatic carbocycles. The maximum atomic E-state index is 14.2. The lowest BCUT2D eigenvalue weighted by molar-refractivity contribution is -0.0202. The molecule has 0 unspecified atom stereocenters. The van der Waals surface area contributed by atoms with Crippen molar-refractivity contribution in [3.8, 4) is 11.4 Å². The highest BCUT2D eigenvalue weighted by atomic mass is 28.3. The molecular formula is C41H67N5O5Si2. The highest BCUT2D eigenvalue weighted by Crippen LogP contribution is 2.41. The van der Waals surface area contributed by atoms with Gasteiger partial charge in [0.2, 0.25) is 0 Å². The van der Waals surface area contributed by atoms with Gasteiger partial charge in [0.05, 0.1) is 16.7 Å². The Morgan fingerprint density at radius 2 is 1.53 bits per heavy atom. The second-order valence-corrected chi connectivity index (χ2v) is 31.5. The fraction of sp³-hybridized carbons (Fsp3) is 0.683. The minimum absolute atomic E-state index is 0.0443. The van der Waals surface area contributed by atoms with Gasteiger partial charge in [-0.2, -0.15) is 5.10 Å². The van der Waals surface area contributed by atoms with Crippen LogP contribution in [0.2, 0.25) is 51.4 Å². The van der Waals surface area contributed by atoms with Crippen LogP contribution >= 0.6 is 0 Å². The zero-order chi connectivity index (χ0) is 39.1. The van der Waals surface area contributed by atoms with Crippen LogP contribution in [-0.2, 0) is 40.5 Å². The summed E-state index contributed by atoms with van der Waals surface area (Å²) in [7, 11) is -2.50. The summed E-state index contributed by atoms with van der Waals surface area (Å²) in [6, 6.07) is 10.4. The van der Waals surface area contributed by atoms with Crippen LogP contribution in [0.1, 0.15) is 76.5 Å². The standard InChI is InChI=1S/C41H67N5O5Si2/c1-39(2,3)51-38(48)45-19-18-43(27-41(45,6)7)37(47)31-15-14-30-24-34(44(33(30)25-31)28-49-20-22-52(8,9)10)36-32-16-17-40(4,5)26-35(32)46(42-36)29-50-21-23-53(11,12)13/h14-15,24-25H,16-23,26-29H2,1-13H3. The summed E-state index contributed by atoms with van der Waals surface area (Å²) >= 11 is 0. The van der Waals surface area contributed by atoms with Crippen LogP contribution < -0.4 is 0 Å². The smallest absolute Gasteiger partial charge is 0.410 e. The number of ether oxygens (including phenoxy) is 3. The fourth-order valence-electron chi connectivity index (χ4n) is 7.26. The first-order chi connectivity index (χ1) is 24.4. The van der Waals surface area contributed by atoms with Crippen molar-refractivity contribution in [2.24, 2.45) is 5.41 Å². The molecule has 12 heteroatoms. The molecule has 5 rings (SSSR count). The van der Waals surface area contributed by atoms with Gasteiger partial charge in [0.25, 0.3) is 5.91 Å². The zero-order valence-electron chi connectivity index (χ0n) is 35.1. The van der Waals surface area contributed by atoms with Crippen LogP contribution in [0.5, 0.6) is 0 Å². The van der Waals surface area contributed by atoms with Crippen LogP contribution in [0.25, 0.3) is 22.3 Å². The Morgan fingerprint density at radius 1 is 0.887 bits per heavy atom. The van der Waals surface area contributed by atoms with Gasteiger partial charge in [-0.15, -0.1) is 0 Å².